The van der Waals surface area contributed by atoms with E-state index in [9.17, 15) is 9.59 Å². The third-order valence-corrected chi connectivity index (χ3v) is 5.46. The zero-order chi connectivity index (χ0) is 21.6. The maximum atomic E-state index is 12.8. The Balaban J connectivity index is 1.42. The minimum Gasteiger partial charge on any atom is -0.481 e. The summed E-state index contributed by atoms with van der Waals surface area (Å²) in [5, 5.41) is 5.64. The van der Waals surface area contributed by atoms with Gasteiger partial charge in [0.2, 0.25) is 0 Å². The number of hydrogen-bond donors (Lipinski definition) is 2. The number of rotatable bonds is 7. The third-order valence-electron chi connectivity index (χ3n) is 5.46. The van der Waals surface area contributed by atoms with E-state index >= 15 is 0 Å². The maximum absolute atomic E-state index is 12.8. The van der Waals surface area contributed by atoms with Crippen LogP contribution >= 0.6 is 0 Å². The normalized spacial score (nSPS) is 13.7. The van der Waals surface area contributed by atoms with Crippen LogP contribution in [0, 0.1) is 0 Å². The lowest BCUT2D eigenvalue weighted by Crippen LogP contribution is -2.32. The molecule has 0 fully saturated rings. The molecule has 1 heterocycles. The molecule has 3 aromatic rings. The van der Waals surface area contributed by atoms with E-state index in [2.05, 4.69) is 16.7 Å². The van der Waals surface area contributed by atoms with Crippen molar-refractivity contribution in [3.8, 4) is 5.75 Å². The van der Waals surface area contributed by atoms with Crippen molar-refractivity contribution < 1.29 is 18.7 Å². The number of para-hydroxylation sites is 1. The summed E-state index contributed by atoms with van der Waals surface area (Å²) < 4.78 is 11.3. The van der Waals surface area contributed by atoms with E-state index in [1.807, 2.05) is 12.1 Å². The second-order valence-electron chi connectivity index (χ2n) is 7.66. The number of ether oxygens (including phenoxy) is 1. The summed E-state index contributed by atoms with van der Waals surface area (Å²) in [7, 11) is 0. The topological polar surface area (TPSA) is 80.6 Å². The summed E-state index contributed by atoms with van der Waals surface area (Å²) in [6.45, 7) is 1.99. The molecule has 160 valence electrons. The van der Waals surface area contributed by atoms with Gasteiger partial charge in [-0.2, -0.15) is 0 Å². The summed E-state index contributed by atoms with van der Waals surface area (Å²) in [5.41, 5.74) is 3.32. The van der Waals surface area contributed by atoms with E-state index in [0.717, 1.165) is 25.0 Å². The number of amides is 2. The number of fused-ring (bicyclic) bond motifs is 1. The van der Waals surface area contributed by atoms with Gasteiger partial charge in [0.05, 0.1) is 24.1 Å². The number of hydrogen-bond acceptors (Lipinski definition) is 4. The van der Waals surface area contributed by atoms with Crippen molar-refractivity contribution >= 4 is 17.5 Å². The minimum atomic E-state index is -0.701. The number of anilines is 1. The number of nitrogens with one attached hydrogen (secondary N) is 2. The van der Waals surface area contributed by atoms with Gasteiger partial charge in [0.1, 0.15) is 11.5 Å². The minimum absolute atomic E-state index is 0.271. The van der Waals surface area contributed by atoms with Gasteiger partial charge in [-0.25, -0.2) is 0 Å². The first-order chi connectivity index (χ1) is 15.1. The Bertz CT molecular complexity index is 1060. The van der Waals surface area contributed by atoms with Crippen LogP contribution in [0.3, 0.4) is 0 Å². The second kappa shape index (κ2) is 9.51. The number of benzene rings is 2. The highest BCUT2D eigenvalue weighted by Crippen LogP contribution is 2.30. The Morgan fingerprint density at radius 1 is 1.03 bits per heavy atom. The number of carbonyl (C=O) groups excluding carboxylic acids is 2. The summed E-state index contributed by atoms with van der Waals surface area (Å²) >= 11 is 0. The molecule has 6 heteroatoms. The van der Waals surface area contributed by atoms with Crippen molar-refractivity contribution in [3.05, 3.63) is 83.3 Å². The van der Waals surface area contributed by atoms with Crippen molar-refractivity contribution in [3.63, 3.8) is 0 Å². The Morgan fingerprint density at radius 2 is 1.87 bits per heavy atom. The average molecular weight is 418 g/mol. The van der Waals surface area contributed by atoms with Gasteiger partial charge in [-0.3, -0.25) is 9.59 Å². The zero-order valence-electron chi connectivity index (χ0n) is 17.5. The largest absolute Gasteiger partial charge is 0.481 e. The standard InChI is InChI=1S/C25H26N2O4/c1-17(31-23-14-6-9-18-8-2-3-11-20(18)23)24(28)27-22-13-5-4-12-21(22)25(29)26-16-19-10-7-15-30-19/h4-7,9-10,12-15,17H,2-3,8,11,16H2,1H3,(H,26,29)(H,27,28). The molecule has 0 bridgehead atoms. The van der Waals surface area contributed by atoms with E-state index in [1.54, 1.807) is 49.6 Å². The van der Waals surface area contributed by atoms with Crippen LogP contribution in [-0.4, -0.2) is 17.9 Å². The molecule has 0 radical (unpaired) electrons. The van der Waals surface area contributed by atoms with Crippen molar-refractivity contribution in [2.24, 2.45) is 0 Å². The monoisotopic (exact) mass is 418 g/mol. The van der Waals surface area contributed by atoms with Crippen LogP contribution in [0.5, 0.6) is 5.75 Å². The number of carbonyl (C=O) groups is 2. The van der Waals surface area contributed by atoms with Crippen LogP contribution in [0.15, 0.2) is 65.3 Å². The number of aryl methyl sites for hydroxylation is 1. The predicted molar refractivity (Wildman–Crippen MR) is 118 cm³/mol. The highest BCUT2D eigenvalue weighted by atomic mass is 16.5. The van der Waals surface area contributed by atoms with Gasteiger partial charge in [-0.1, -0.05) is 24.3 Å². The van der Waals surface area contributed by atoms with Gasteiger partial charge in [0.25, 0.3) is 11.8 Å². The molecule has 31 heavy (non-hydrogen) atoms. The molecule has 2 N–H and O–H groups in total. The van der Waals surface area contributed by atoms with Crippen LogP contribution in [0.4, 0.5) is 5.69 Å². The van der Waals surface area contributed by atoms with Crippen molar-refractivity contribution in [1.82, 2.24) is 5.32 Å². The van der Waals surface area contributed by atoms with Crippen LogP contribution in [0.2, 0.25) is 0 Å². The van der Waals surface area contributed by atoms with Gasteiger partial charge in [0, 0.05) is 0 Å². The molecule has 4 rings (SSSR count). The Kier molecular flexibility index (Phi) is 6.36. The Morgan fingerprint density at radius 3 is 2.71 bits per heavy atom. The summed E-state index contributed by atoms with van der Waals surface area (Å²) in [6.07, 6.45) is 5.19. The van der Waals surface area contributed by atoms with Crippen LogP contribution in [0.25, 0.3) is 0 Å². The van der Waals surface area contributed by atoms with Gasteiger partial charge in [-0.15, -0.1) is 0 Å². The molecule has 1 aliphatic rings. The maximum Gasteiger partial charge on any atom is 0.265 e. The molecule has 2 aromatic carbocycles. The summed E-state index contributed by atoms with van der Waals surface area (Å²) in [5.74, 6) is 0.824. The van der Waals surface area contributed by atoms with E-state index in [4.69, 9.17) is 9.15 Å². The van der Waals surface area contributed by atoms with Gasteiger partial charge < -0.3 is 19.8 Å². The fraction of sp³-hybridized carbons (Fsp3) is 0.280. The fourth-order valence-corrected chi connectivity index (χ4v) is 3.80. The fourth-order valence-electron chi connectivity index (χ4n) is 3.80. The molecule has 0 spiro atoms. The summed E-state index contributed by atoms with van der Waals surface area (Å²) in [4.78, 5) is 25.4. The highest BCUT2D eigenvalue weighted by molar-refractivity contribution is 6.04. The number of furan rings is 1. The SMILES string of the molecule is CC(Oc1cccc2c1CCCC2)C(=O)Nc1ccccc1C(=O)NCc1ccco1. The van der Waals surface area contributed by atoms with Gasteiger partial charge in [-0.05, 0) is 74.1 Å². The van der Waals surface area contributed by atoms with Crippen molar-refractivity contribution in [2.75, 3.05) is 5.32 Å². The molecular weight excluding hydrogens is 392 g/mol. The molecular formula is C25H26N2O4. The Hall–Kier alpha value is -3.54. The van der Waals surface area contributed by atoms with Crippen LogP contribution < -0.4 is 15.4 Å². The first kappa shape index (κ1) is 20.7. The van der Waals surface area contributed by atoms with Crippen LogP contribution in [0.1, 0.15) is 47.0 Å². The van der Waals surface area contributed by atoms with Crippen molar-refractivity contribution in [1.29, 1.82) is 0 Å². The molecule has 1 atom stereocenters. The second-order valence-corrected chi connectivity index (χ2v) is 7.66. The first-order valence-corrected chi connectivity index (χ1v) is 10.6. The Labute approximate surface area is 181 Å². The predicted octanol–water partition coefficient (Wildman–Crippen LogP) is 4.49. The molecule has 6 nitrogen and oxygen atoms in total. The molecule has 0 aliphatic heterocycles. The average Bonchev–Trinajstić information content (AvgIpc) is 3.32. The van der Waals surface area contributed by atoms with Gasteiger partial charge in [0.15, 0.2) is 6.10 Å². The molecule has 1 aromatic heterocycles. The smallest absolute Gasteiger partial charge is 0.265 e. The lowest BCUT2D eigenvalue weighted by Gasteiger charge is -2.22. The van der Waals surface area contributed by atoms with E-state index < -0.39 is 6.10 Å². The molecule has 1 aliphatic carbocycles. The first-order valence-electron chi connectivity index (χ1n) is 10.6. The molecule has 0 saturated carbocycles. The van der Waals surface area contributed by atoms with Crippen LogP contribution in [-0.2, 0) is 24.2 Å². The third kappa shape index (κ3) is 4.97. The van der Waals surface area contributed by atoms with Crippen molar-refractivity contribution in [2.45, 2.75) is 45.3 Å². The highest BCUT2D eigenvalue weighted by Gasteiger charge is 2.21. The molecule has 0 saturated heterocycles. The lowest BCUT2D eigenvalue weighted by atomic mass is 9.91. The molecule has 2 amide bonds. The van der Waals surface area contributed by atoms with Gasteiger partial charge >= 0.3 is 0 Å². The quantitative estimate of drug-likeness (QED) is 0.592. The van der Waals surface area contributed by atoms with E-state index in [1.165, 1.54) is 17.5 Å². The van der Waals surface area contributed by atoms with E-state index in [-0.39, 0.29) is 18.4 Å². The molecule has 1 unspecified atom stereocenters. The van der Waals surface area contributed by atoms with E-state index in [0.29, 0.717) is 17.0 Å². The zero-order valence-corrected chi connectivity index (χ0v) is 17.5. The lowest BCUT2D eigenvalue weighted by molar-refractivity contribution is -0.122. The summed E-state index contributed by atoms with van der Waals surface area (Å²) in [6, 6.07) is 16.5.